The summed E-state index contributed by atoms with van der Waals surface area (Å²) in [5.74, 6) is 0.275. The van der Waals surface area contributed by atoms with Crippen molar-refractivity contribution in [1.29, 1.82) is 0 Å². The van der Waals surface area contributed by atoms with Gasteiger partial charge < -0.3 is 20.7 Å². The Morgan fingerprint density at radius 3 is 2.65 bits per heavy atom. The zero-order chi connectivity index (χ0) is 22.0. The molecule has 0 radical (unpaired) electrons. The standard InChI is InChI=1S/C20H22N8O3/c1-21-20(30)17-14(9-16(25-26-17)24-19(29)11-7-8-11)23-13-6-4-5-12(18(13)31-3)15-10-22-28(2)27-15/h4-6,9-11H,7-8H2,1-3H3,(H,21,30)(H2,23,24,25,29). The summed E-state index contributed by atoms with van der Waals surface area (Å²) in [6.07, 6.45) is 3.37. The predicted molar refractivity (Wildman–Crippen MR) is 113 cm³/mol. The average molecular weight is 422 g/mol. The number of hydrogen-bond donors (Lipinski definition) is 3. The van der Waals surface area contributed by atoms with E-state index in [0.29, 0.717) is 22.8 Å². The number of methoxy groups -OCH3 is 1. The minimum absolute atomic E-state index is 0.0144. The molecule has 1 aromatic carbocycles. The van der Waals surface area contributed by atoms with Crippen LogP contribution in [0.15, 0.2) is 30.5 Å². The van der Waals surface area contributed by atoms with E-state index in [1.165, 1.54) is 11.8 Å². The summed E-state index contributed by atoms with van der Waals surface area (Å²) < 4.78 is 5.63. The maximum absolute atomic E-state index is 12.3. The Balaban J connectivity index is 1.71. The van der Waals surface area contributed by atoms with E-state index in [1.807, 2.05) is 12.1 Å². The maximum atomic E-state index is 12.3. The summed E-state index contributed by atoms with van der Waals surface area (Å²) in [6, 6.07) is 7.07. The Bertz CT molecular complexity index is 1140. The highest BCUT2D eigenvalue weighted by atomic mass is 16.5. The SMILES string of the molecule is CNC(=O)c1nnc(NC(=O)C2CC2)cc1Nc1cccc(-c2cnn(C)n2)c1OC. The first-order valence-electron chi connectivity index (χ1n) is 9.71. The molecule has 1 aliphatic carbocycles. The third kappa shape index (κ3) is 4.29. The van der Waals surface area contributed by atoms with Gasteiger partial charge in [-0.05, 0) is 25.0 Å². The molecule has 0 unspecified atom stereocenters. The summed E-state index contributed by atoms with van der Waals surface area (Å²) in [7, 11) is 4.78. The van der Waals surface area contributed by atoms with E-state index in [9.17, 15) is 9.59 Å². The number of rotatable bonds is 7. The minimum atomic E-state index is -0.417. The van der Waals surface area contributed by atoms with Gasteiger partial charge in [-0.3, -0.25) is 9.59 Å². The largest absolute Gasteiger partial charge is 0.494 e. The zero-order valence-corrected chi connectivity index (χ0v) is 17.3. The molecule has 1 aliphatic rings. The van der Waals surface area contributed by atoms with Crippen LogP contribution in [-0.2, 0) is 11.8 Å². The molecule has 2 heterocycles. The van der Waals surface area contributed by atoms with E-state index in [2.05, 4.69) is 36.3 Å². The smallest absolute Gasteiger partial charge is 0.273 e. The van der Waals surface area contributed by atoms with Crippen molar-refractivity contribution in [3.63, 3.8) is 0 Å². The van der Waals surface area contributed by atoms with Crippen LogP contribution < -0.4 is 20.7 Å². The van der Waals surface area contributed by atoms with Crippen molar-refractivity contribution >= 4 is 29.0 Å². The second-order valence-corrected chi connectivity index (χ2v) is 7.07. The Hall–Kier alpha value is -4.02. The summed E-state index contributed by atoms with van der Waals surface area (Å²) >= 11 is 0. The van der Waals surface area contributed by atoms with Crippen molar-refractivity contribution in [3.05, 3.63) is 36.2 Å². The lowest BCUT2D eigenvalue weighted by Crippen LogP contribution is -2.22. The van der Waals surface area contributed by atoms with Gasteiger partial charge in [0.1, 0.15) is 5.69 Å². The Labute approximate surface area is 178 Å². The van der Waals surface area contributed by atoms with Gasteiger partial charge in [0.15, 0.2) is 17.3 Å². The number of aryl methyl sites for hydroxylation is 1. The first-order valence-corrected chi connectivity index (χ1v) is 9.71. The fourth-order valence-electron chi connectivity index (χ4n) is 3.08. The van der Waals surface area contributed by atoms with Crippen molar-refractivity contribution < 1.29 is 14.3 Å². The first-order chi connectivity index (χ1) is 15.0. The van der Waals surface area contributed by atoms with Gasteiger partial charge in [0.2, 0.25) is 5.91 Å². The van der Waals surface area contributed by atoms with Crippen LogP contribution in [0.25, 0.3) is 11.3 Å². The molecule has 1 saturated carbocycles. The van der Waals surface area contributed by atoms with E-state index in [-0.39, 0.29) is 23.3 Å². The van der Waals surface area contributed by atoms with Crippen LogP contribution in [-0.4, -0.2) is 51.2 Å². The number of nitrogens with one attached hydrogen (secondary N) is 3. The normalized spacial score (nSPS) is 12.9. The molecule has 11 nitrogen and oxygen atoms in total. The van der Waals surface area contributed by atoms with Crippen LogP contribution in [0.3, 0.4) is 0 Å². The van der Waals surface area contributed by atoms with Crippen molar-refractivity contribution in [2.45, 2.75) is 12.8 Å². The molecule has 31 heavy (non-hydrogen) atoms. The van der Waals surface area contributed by atoms with Crippen molar-refractivity contribution in [1.82, 2.24) is 30.5 Å². The van der Waals surface area contributed by atoms with Gasteiger partial charge >= 0.3 is 0 Å². The number of hydrogen-bond acceptors (Lipinski definition) is 8. The molecule has 160 valence electrons. The van der Waals surface area contributed by atoms with Crippen LogP contribution in [0.2, 0.25) is 0 Å². The summed E-state index contributed by atoms with van der Waals surface area (Å²) in [6.45, 7) is 0. The maximum Gasteiger partial charge on any atom is 0.273 e. The van der Waals surface area contributed by atoms with Crippen LogP contribution in [0.5, 0.6) is 5.75 Å². The number of ether oxygens (including phenoxy) is 1. The van der Waals surface area contributed by atoms with Gasteiger partial charge in [-0.25, -0.2) is 0 Å². The van der Waals surface area contributed by atoms with Crippen LogP contribution in [0.4, 0.5) is 17.2 Å². The Morgan fingerprint density at radius 1 is 1.19 bits per heavy atom. The van der Waals surface area contributed by atoms with Crippen molar-refractivity contribution in [3.8, 4) is 17.0 Å². The molecule has 1 fully saturated rings. The highest BCUT2D eigenvalue weighted by Gasteiger charge is 2.30. The Kier molecular flexibility index (Phi) is 5.48. The molecule has 3 N–H and O–H groups in total. The highest BCUT2D eigenvalue weighted by molar-refractivity contribution is 6.00. The van der Waals surface area contributed by atoms with Crippen LogP contribution >= 0.6 is 0 Å². The molecule has 3 aromatic rings. The third-order valence-corrected chi connectivity index (χ3v) is 4.80. The molecule has 2 amide bonds. The van der Waals surface area contributed by atoms with Gasteiger partial charge in [-0.2, -0.15) is 15.0 Å². The average Bonchev–Trinajstić information content (AvgIpc) is 3.54. The molecular weight excluding hydrogens is 400 g/mol. The number of anilines is 3. The molecule has 4 rings (SSSR count). The lowest BCUT2D eigenvalue weighted by Gasteiger charge is -2.16. The molecule has 0 spiro atoms. The van der Waals surface area contributed by atoms with Gasteiger partial charge in [0.25, 0.3) is 5.91 Å². The summed E-state index contributed by atoms with van der Waals surface area (Å²) in [4.78, 5) is 25.9. The molecule has 11 heteroatoms. The number of benzene rings is 1. The second kappa shape index (κ2) is 8.38. The predicted octanol–water partition coefficient (Wildman–Crippen LogP) is 1.73. The molecule has 0 bridgehead atoms. The number of carbonyl (C=O) groups excluding carboxylic acids is 2. The van der Waals surface area contributed by atoms with Crippen LogP contribution in [0, 0.1) is 5.92 Å². The van der Waals surface area contributed by atoms with E-state index >= 15 is 0 Å². The molecule has 0 saturated heterocycles. The van der Waals surface area contributed by atoms with Gasteiger partial charge in [0.05, 0.1) is 24.7 Å². The minimum Gasteiger partial charge on any atom is -0.494 e. The van der Waals surface area contributed by atoms with Crippen molar-refractivity contribution in [2.24, 2.45) is 13.0 Å². The molecule has 2 aromatic heterocycles. The van der Waals surface area contributed by atoms with Crippen LogP contribution in [0.1, 0.15) is 23.3 Å². The highest BCUT2D eigenvalue weighted by Crippen LogP contribution is 2.37. The number of amides is 2. The van der Waals surface area contributed by atoms with Crippen molar-refractivity contribution in [2.75, 3.05) is 24.8 Å². The number of carbonyl (C=O) groups is 2. The fraction of sp³-hybridized carbons (Fsp3) is 0.300. The van der Waals surface area contributed by atoms with Gasteiger partial charge in [-0.15, -0.1) is 10.2 Å². The molecule has 0 atom stereocenters. The monoisotopic (exact) mass is 422 g/mol. The number of nitrogens with zero attached hydrogens (tertiary/aromatic N) is 5. The Morgan fingerprint density at radius 2 is 2.00 bits per heavy atom. The van der Waals surface area contributed by atoms with Gasteiger partial charge in [-0.1, -0.05) is 6.07 Å². The van der Waals surface area contributed by atoms with Gasteiger partial charge in [0, 0.05) is 31.6 Å². The van der Waals surface area contributed by atoms with E-state index in [0.717, 1.165) is 18.4 Å². The summed E-state index contributed by atoms with van der Waals surface area (Å²) in [5.41, 5.74) is 2.41. The quantitative estimate of drug-likeness (QED) is 0.524. The molecule has 0 aliphatic heterocycles. The summed E-state index contributed by atoms with van der Waals surface area (Å²) in [5, 5.41) is 24.9. The zero-order valence-electron chi connectivity index (χ0n) is 17.3. The lowest BCUT2D eigenvalue weighted by atomic mass is 10.1. The second-order valence-electron chi connectivity index (χ2n) is 7.07. The number of para-hydroxylation sites is 1. The van der Waals surface area contributed by atoms with E-state index in [4.69, 9.17) is 4.74 Å². The lowest BCUT2D eigenvalue weighted by molar-refractivity contribution is -0.117. The van der Waals surface area contributed by atoms with E-state index < -0.39 is 5.91 Å². The number of aromatic nitrogens is 5. The molecular formula is C20H22N8O3. The topological polar surface area (TPSA) is 136 Å². The first kappa shape index (κ1) is 20.3. The van der Waals surface area contributed by atoms with E-state index in [1.54, 1.807) is 32.5 Å². The third-order valence-electron chi connectivity index (χ3n) is 4.80. The fourth-order valence-corrected chi connectivity index (χ4v) is 3.08.